The summed E-state index contributed by atoms with van der Waals surface area (Å²) in [6, 6.07) is 0. The van der Waals surface area contributed by atoms with Gasteiger partial charge in [0.15, 0.2) is 6.10 Å². The van der Waals surface area contributed by atoms with E-state index in [0.29, 0.717) is 19.3 Å². The molecule has 392 valence electrons. The number of unbranched alkanes of at least 4 members (excludes halogenated alkanes) is 45. The summed E-state index contributed by atoms with van der Waals surface area (Å²) in [6.07, 6.45) is 62.4. The second kappa shape index (κ2) is 56.0. The molecule has 0 aliphatic rings. The van der Waals surface area contributed by atoms with Crippen LogP contribution in [-0.4, -0.2) is 37.2 Å². The Hall–Kier alpha value is -1.59. The molecule has 0 rings (SSSR count). The van der Waals surface area contributed by atoms with Crippen molar-refractivity contribution in [2.75, 3.05) is 13.2 Å². The largest absolute Gasteiger partial charge is 0.462 e. The molecule has 0 spiro atoms. The fourth-order valence-electron chi connectivity index (χ4n) is 9.33. The summed E-state index contributed by atoms with van der Waals surface area (Å²) in [4.78, 5) is 38.2. The first-order valence-corrected chi connectivity index (χ1v) is 30.0. The molecule has 6 heteroatoms. The van der Waals surface area contributed by atoms with E-state index in [1.165, 1.54) is 250 Å². The third kappa shape index (κ3) is 53.4. The Bertz CT molecular complexity index is 982. The summed E-state index contributed by atoms with van der Waals surface area (Å²) in [5.41, 5.74) is 0. The third-order valence-corrected chi connectivity index (χ3v) is 13.9. The fraction of sp³-hybridized carbons (Fsp3) is 0.950. The molecule has 1 unspecified atom stereocenters. The number of carbonyl (C=O) groups excluding carboxylic acids is 3. The summed E-state index contributed by atoms with van der Waals surface area (Å²) in [5, 5.41) is 0. The molecule has 0 aromatic rings. The van der Waals surface area contributed by atoms with Gasteiger partial charge in [-0.05, 0) is 19.3 Å². The zero-order valence-electron chi connectivity index (χ0n) is 45.0. The topological polar surface area (TPSA) is 78.9 Å². The molecule has 0 aromatic heterocycles. The number of carbonyl (C=O) groups is 3. The average Bonchev–Trinajstić information content (AvgIpc) is 3.31. The first-order chi connectivity index (χ1) is 32.5. The van der Waals surface area contributed by atoms with E-state index < -0.39 is 6.10 Å². The van der Waals surface area contributed by atoms with E-state index in [9.17, 15) is 14.4 Å². The number of hydrogen-bond acceptors (Lipinski definition) is 6. The average molecular weight is 934 g/mol. The van der Waals surface area contributed by atoms with Crippen molar-refractivity contribution in [1.29, 1.82) is 0 Å². The summed E-state index contributed by atoms with van der Waals surface area (Å²) in [7, 11) is 0. The van der Waals surface area contributed by atoms with E-state index in [2.05, 4.69) is 20.8 Å². The van der Waals surface area contributed by atoms with E-state index in [-0.39, 0.29) is 31.1 Å². The van der Waals surface area contributed by atoms with Crippen LogP contribution in [0, 0.1) is 0 Å². The first kappa shape index (κ1) is 64.4. The van der Waals surface area contributed by atoms with Crippen LogP contribution in [0.3, 0.4) is 0 Å². The number of rotatable bonds is 56. The minimum Gasteiger partial charge on any atom is -0.462 e. The Kier molecular flexibility index (Phi) is 54.7. The van der Waals surface area contributed by atoms with Gasteiger partial charge in [0.1, 0.15) is 13.2 Å². The minimum absolute atomic E-state index is 0.0609. The van der Waals surface area contributed by atoms with Crippen LogP contribution in [-0.2, 0) is 28.6 Å². The molecule has 0 amide bonds. The first-order valence-electron chi connectivity index (χ1n) is 30.0. The molecule has 66 heavy (non-hydrogen) atoms. The van der Waals surface area contributed by atoms with Crippen LogP contribution in [0.25, 0.3) is 0 Å². The quantitative estimate of drug-likeness (QED) is 0.0343. The Balaban J connectivity index is 4.25. The van der Waals surface area contributed by atoms with Crippen molar-refractivity contribution in [3.05, 3.63) is 0 Å². The van der Waals surface area contributed by atoms with E-state index in [0.717, 1.165) is 57.8 Å². The van der Waals surface area contributed by atoms with Crippen LogP contribution in [0.1, 0.15) is 348 Å². The highest BCUT2D eigenvalue weighted by atomic mass is 16.6. The number of esters is 3. The van der Waals surface area contributed by atoms with Crippen LogP contribution in [0.5, 0.6) is 0 Å². The van der Waals surface area contributed by atoms with Crippen LogP contribution in [0.4, 0.5) is 0 Å². The molecule has 0 fully saturated rings. The van der Waals surface area contributed by atoms with E-state index in [4.69, 9.17) is 14.2 Å². The maximum absolute atomic E-state index is 12.9. The second-order valence-corrected chi connectivity index (χ2v) is 20.6. The van der Waals surface area contributed by atoms with Crippen LogP contribution >= 0.6 is 0 Å². The highest BCUT2D eigenvalue weighted by Crippen LogP contribution is 2.18. The van der Waals surface area contributed by atoms with Gasteiger partial charge in [-0.15, -0.1) is 0 Å². The smallest absolute Gasteiger partial charge is 0.306 e. The molecule has 6 nitrogen and oxygen atoms in total. The van der Waals surface area contributed by atoms with Crippen molar-refractivity contribution in [3.8, 4) is 0 Å². The maximum atomic E-state index is 12.9. The van der Waals surface area contributed by atoms with Crippen molar-refractivity contribution in [2.24, 2.45) is 0 Å². The molecule has 0 aliphatic carbocycles. The van der Waals surface area contributed by atoms with Gasteiger partial charge in [0, 0.05) is 19.3 Å². The van der Waals surface area contributed by atoms with E-state index >= 15 is 0 Å². The normalized spacial score (nSPS) is 11.9. The highest BCUT2D eigenvalue weighted by molar-refractivity contribution is 5.71. The Labute approximate surface area is 412 Å². The lowest BCUT2D eigenvalue weighted by atomic mass is 10.0. The van der Waals surface area contributed by atoms with Gasteiger partial charge in [0.2, 0.25) is 0 Å². The third-order valence-electron chi connectivity index (χ3n) is 13.9. The van der Waals surface area contributed by atoms with Gasteiger partial charge in [-0.2, -0.15) is 0 Å². The molecule has 0 saturated heterocycles. The molecule has 0 aliphatic heterocycles. The lowest BCUT2D eigenvalue weighted by Crippen LogP contribution is -2.30. The molecule has 0 N–H and O–H groups in total. The molecule has 0 aromatic carbocycles. The molecule has 0 saturated carbocycles. The van der Waals surface area contributed by atoms with Crippen molar-refractivity contribution in [2.45, 2.75) is 354 Å². The molecular weight excluding hydrogens is 817 g/mol. The predicted molar refractivity (Wildman–Crippen MR) is 284 cm³/mol. The highest BCUT2D eigenvalue weighted by Gasteiger charge is 2.19. The number of hydrogen-bond donors (Lipinski definition) is 0. The van der Waals surface area contributed by atoms with Crippen molar-refractivity contribution >= 4 is 17.9 Å². The lowest BCUT2D eigenvalue weighted by molar-refractivity contribution is -0.167. The molecule has 0 bridgehead atoms. The number of ether oxygens (including phenoxy) is 3. The summed E-state index contributed by atoms with van der Waals surface area (Å²) >= 11 is 0. The van der Waals surface area contributed by atoms with Crippen LogP contribution in [0.15, 0.2) is 0 Å². The SMILES string of the molecule is CCCCCCCCCCCCCCCCCCCCCC(=O)OCC(COC(=O)CCCCCCCCCCCCCC)OC(=O)CCCCCCCCCCCCCCCCCCC. The van der Waals surface area contributed by atoms with Gasteiger partial charge in [-0.25, -0.2) is 0 Å². The fourth-order valence-corrected chi connectivity index (χ4v) is 9.33. The standard InChI is InChI=1S/C60H116O6/c1-4-7-10-13-16-19-22-25-27-29-30-32-33-35-38-41-44-47-50-53-59(62)65-56-57(55-64-58(61)52-49-46-43-40-37-24-21-18-15-12-9-6-3)66-60(63)54-51-48-45-42-39-36-34-31-28-26-23-20-17-14-11-8-5-2/h57H,4-56H2,1-3H3. The summed E-state index contributed by atoms with van der Waals surface area (Å²) < 4.78 is 16.9. The van der Waals surface area contributed by atoms with Crippen molar-refractivity contribution in [1.82, 2.24) is 0 Å². The van der Waals surface area contributed by atoms with Gasteiger partial charge >= 0.3 is 17.9 Å². The molecule has 0 heterocycles. The van der Waals surface area contributed by atoms with Gasteiger partial charge in [-0.3, -0.25) is 14.4 Å². The molecule has 0 radical (unpaired) electrons. The minimum atomic E-state index is -0.761. The van der Waals surface area contributed by atoms with Crippen LogP contribution < -0.4 is 0 Å². The van der Waals surface area contributed by atoms with Gasteiger partial charge < -0.3 is 14.2 Å². The van der Waals surface area contributed by atoms with E-state index in [1.54, 1.807) is 0 Å². The van der Waals surface area contributed by atoms with Gasteiger partial charge in [-0.1, -0.05) is 310 Å². The monoisotopic (exact) mass is 933 g/mol. The van der Waals surface area contributed by atoms with Gasteiger partial charge in [0.25, 0.3) is 0 Å². The Morgan fingerprint density at radius 1 is 0.242 bits per heavy atom. The molecular formula is C60H116O6. The Morgan fingerprint density at radius 3 is 0.606 bits per heavy atom. The summed E-state index contributed by atoms with van der Waals surface area (Å²) in [5.74, 6) is -0.830. The zero-order chi connectivity index (χ0) is 47.9. The predicted octanol–water partition coefficient (Wildman–Crippen LogP) is 19.9. The van der Waals surface area contributed by atoms with Crippen molar-refractivity contribution < 1.29 is 28.6 Å². The van der Waals surface area contributed by atoms with Crippen LogP contribution in [0.2, 0.25) is 0 Å². The maximum Gasteiger partial charge on any atom is 0.306 e. The Morgan fingerprint density at radius 2 is 0.409 bits per heavy atom. The molecule has 1 atom stereocenters. The van der Waals surface area contributed by atoms with Gasteiger partial charge in [0.05, 0.1) is 0 Å². The summed E-state index contributed by atoms with van der Waals surface area (Å²) in [6.45, 7) is 6.71. The second-order valence-electron chi connectivity index (χ2n) is 20.6. The van der Waals surface area contributed by atoms with Crippen molar-refractivity contribution in [3.63, 3.8) is 0 Å². The zero-order valence-corrected chi connectivity index (χ0v) is 45.0. The van der Waals surface area contributed by atoms with E-state index in [1.807, 2.05) is 0 Å². The lowest BCUT2D eigenvalue weighted by Gasteiger charge is -2.18.